The van der Waals surface area contributed by atoms with Crippen molar-refractivity contribution >= 4 is 17.8 Å². The third-order valence-corrected chi connectivity index (χ3v) is 5.30. The molecular formula is C21H30F2N4O3. The fraction of sp³-hybridized carbons (Fsp3) is 0.571. The van der Waals surface area contributed by atoms with E-state index in [2.05, 4.69) is 5.32 Å². The molecule has 0 spiro atoms. The number of carbonyl (C=O) groups is 3. The Balaban J connectivity index is 2.05. The number of amides is 4. The molecule has 0 aromatic heterocycles. The standard InChI is InChI=1S/C21H30F2N4O3/c1-5-25(6-2)21(30)27-12-10-26(11-13-27)20(29)18(14(3)4)24-19(28)17-15(22)8-7-9-16(17)23/h7-9,14,18H,5-6,10-13H2,1-4H3,(H,24,28). The van der Waals surface area contributed by atoms with Gasteiger partial charge in [0.05, 0.1) is 0 Å². The second-order valence-electron chi connectivity index (χ2n) is 7.56. The van der Waals surface area contributed by atoms with E-state index in [0.29, 0.717) is 39.3 Å². The van der Waals surface area contributed by atoms with Crippen molar-refractivity contribution in [2.45, 2.75) is 33.7 Å². The summed E-state index contributed by atoms with van der Waals surface area (Å²) in [5.41, 5.74) is -0.703. The number of hydrogen-bond donors (Lipinski definition) is 1. The molecule has 2 rings (SSSR count). The minimum atomic E-state index is -0.981. The summed E-state index contributed by atoms with van der Waals surface area (Å²) < 4.78 is 27.8. The molecular weight excluding hydrogens is 394 g/mol. The Morgan fingerprint density at radius 1 is 1.00 bits per heavy atom. The number of nitrogens with zero attached hydrogens (tertiary/aromatic N) is 3. The lowest BCUT2D eigenvalue weighted by molar-refractivity contribution is -0.135. The van der Waals surface area contributed by atoms with Gasteiger partial charge in [-0.15, -0.1) is 0 Å². The van der Waals surface area contributed by atoms with E-state index in [0.717, 1.165) is 12.1 Å². The highest BCUT2D eigenvalue weighted by molar-refractivity contribution is 5.98. The molecule has 0 saturated carbocycles. The number of urea groups is 1. The Hall–Kier alpha value is -2.71. The van der Waals surface area contributed by atoms with Crippen LogP contribution in [-0.4, -0.2) is 77.9 Å². The van der Waals surface area contributed by atoms with E-state index >= 15 is 0 Å². The number of piperazine rings is 1. The lowest BCUT2D eigenvalue weighted by Gasteiger charge is -2.39. The lowest BCUT2D eigenvalue weighted by Crippen LogP contribution is -2.58. The van der Waals surface area contributed by atoms with Gasteiger partial charge in [0, 0.05) is 39.3 Å². The number of halogens is 2. The fourth-order valence-corrected chi connectivity index (χ4v) is 3.45. The zero-order valence-electron chi connectivity index (χ0n) is 18.0. The molecule has 1 aromatic carbocycles. The predicted octanol–water partition coefficient (Wildman–Crippen LogP) is 2.33. The number of hydrogen-bond acceptors (Lipinski definition) is 3. The summed E-state index contributed by atoms with van der Waals surface area (Å²) in [6.07, 6.45) is 0. The molecule has 1 aliphatic rings. The van der Waals surface area contributed by atoms with Crippen LogP contribution in [0.5, 0.6) is 0 Å². The van der Waals surface area contributed by atoms with Crippen molar-refractivity contribution < 1.29 is 23.2 Å². The first-order valence-corrected chi connectivity index (χ1v) is 10.3. The van der Waals surface area contributed by atoms with Gasteiger partial charge in [0.2, 0.25) is 5.91 Å². The summed E-state index contributed by atoms with van der Waals surface area (Å²) in [6, 6.07) is 2.18. The van der Waals surface area contributed by atoms with Crippen LogP contribution in [0.15, 0.2) is 18.2 Å². The Kier molecular flexibility index (Phi) is 8.14. The molecule has 1 atom stereocenters. The molecule has 0 aliphatic carbocycles. The number of benzene rings is 1. The molecule has 0 bridgehead atoms. The van der Waals surface area contributed by atoms with Gasteiger partial charge in [-0.25, -0.2) is 13.6 Å². The fourth-order valence-electron chi connectivity index (χ4n) is 3.45. The molecule has 1 unspecified atom stereocenters. The molecule has 1 N–H and O–H groups in total. The minimum absolute atomic E-state index is 0.0594. The molecule has 1 fully saturated rings. The molecule has 7 nitrogen and oxygen atoms in total. The summed E-state index contributed by atoms with van der Waals surface area (Å²) in [5, 5.41) is 2.48. The van der Waals surface area contributed by atoms with E-state index in [1.165, 1.54) is 6.07 Å². The van der Waals surface area contributed by atoms with Gasteiger partial charge < -0.3 is 20.0 Å². The van der Waals surface area contributed by atoms with Gasteiger partial charge in [-0.2, -0.15) is 0 Å². The van der Waals surface area contributed by atoms with E-state index in [1.54, 1.807) is 28.5 Å². The molecule has 4 amide bonds. The van der Waals surface area contributed by atoms with E-state index < -0.39 is 29.1 Å². The average Bonchev–Trinajstić information content (AvgIpc) is 2.72. The monoisotopic (exact) mass is 424 g/mol. The molecule has 166 valence electrons. The average molecular weight is 424 g/mol. The Morgan fingerprint density at radius 3 is 1.97 bits per heavy atom. The number of carbonyl (C=O) groups excluding carboxylic acids is 3. The minimum Gasteiger partial charge on any atom is -0.340 e. The van der Waals surface area contributed by atoms with Crippen LogP contribution >= 0.6 is 0 Å². The van der Waals surface area contributed by atoms with Crippen molar-refractivity contribution in [3.8, 4) is 0 Å². The van der Waals surface area contributed by atoms with Crippen LogP contribution < -0.4 is 5.32 Å². The van der Waals surface area contributed by atoms with E-state index in [1.807, 2.05) is 13.8 Å². The topological polar surface area (TPSA) is 73.0 Å². The van der Waals surface area contributed by atoms with Gasteiger partial charge in [0.25, 0.3) is 5.91 Å². The molecule has 30 heavy (non-hydrogen) atoms. The van der Waals surface area contributed by atoms with Crippen molar-refractivity contribution in [1.82, 2.24) is 20.0 Å². The van der Waals surface area contributed by atoms with Gasteiger partial charge in [0.1, 0.15) is 23.2 Å². The Morgan fingerprint density at radius 2 is 1.50 bits per heavy atom. The predicted molar refractivity (Wildman–Crippen MR) is 109 cm³/mol. The smallest absolute Gasteiger partial charge is 0.320 e. The first-order valence-electron chi connectivity index (χ1n) is 10.3. The summed E-state index contributed by atoms with van der Waals surface area (Å²) in [7, 11) is 0. The summed E-state index contributed by atoms with van der Waals surface area (Å²) >= 11 is 0. The first-order chi connectivity index (χ1) is 14.2. The van der Waals surface area contributed by atoms with Crippen molar-refractivity contribution in [2.75, 3.05) is 39.3 Å². The molecule has 1 aliphatic heterocycles. The number of rotatable bonds is 6. The molecule has 9 heteroatoms. The maximum Gasteiger partial charge on any atom is 0.320 e. The maximum absolute atomic E-state index is 13.9. The zero-order chi connectivity index (χ0) is 22.4. The lowest BCUT2D eigenvalue weighted by atomic mass is 10.0. The zero-order valence-corrected chi connectivity index (χ0v) is 18.0. The van der Waals surface area contributed by atoms with Crippen molar-refractivity contribution in [1.29, 1.82) is 0 Å². The third-order valence-electron chi connectivity index (χ3n) is 5.30. The van der Waals surface area contributed by atoms with Crippen LogP contribution in [0.3, 0.4) is 0 Å². The summed E-state index contributed by atoms with van der Waals surface area (Å²) in [5.74, 6) is -3.54. The highest BCUT2D eigenvalue weighted by Gasteiger charge is 2.33. The first kappa shape index (κ1) is 23.6. The van der Waals surface area contributed by atoms with Crippen LogP contribution in [-0.2, 0) is 4.79 Å². The van der Waals surface area contributed by atoms with Crippen LogP contribution in [0.2, 0.25) is 0 Å². The molecule has 1 heterocycles. The third kappa shape index (κ3) is 5.25. The second-order valence-corrected chi connectivity index (χ2v) is 7.56. The van der Waals surface area contributed by atoms with E-state index in [-0.39, 0.29) is 17.9 Å². The molecule has 1 aromatic rings. The van der Waals surface area contributed by atoms with Crippen LogP contribution in [0.1, 0.15) is 38.1 Å². The second kappa shape index (κ2) is 10.4. The summed E-state index contributed by atoms with van der Waals surface area (Å²) in [6.45, 7) is 10.00. The van der Waals surface area contributed by atoms with Gasteiger partial charge in [-0.05, 0) is 31.9 Å². The maximum atomic E-state index is 13.9. The van der Waals surface area contributed by atoms with Crippen molar-refractivity contribution in [3.63, 3.8) is 0 Å². The normalized spacial score (nSPS) is 15.2. The van der Waals surface area contributed by atoms with Gasteiger partial charge >= 0.3 is 6.03 Å². The van der Waals surface area contributed by atoms with E-state index in [9.17, 15) is 23.2 Å². The van der Waals surface area contributed by atoms with Crippen molar-refractivity contribution in [3.05, 3.63) is 35.4 Å². The van der Waals surface area contributed by atoms with Gasteiger partial charge in [-0.3, -0.25) is 9.59 Å². The summed E-state index contributed by atoms with van der Waals surface area (Å²) in [4.78, 5) is 42.9. The van der Waals surface area contributed by atoms with Crippen molar-refractivity contribution in [2.24, 2.45) is 5.92 Å². The quantitative estimate of drug-likeness (QED) is 0.762. The highest BCUT2D eigenvalue weighted by Crippen LogP contribution is 2.15. The van der Waals surface area contributed by atoms with Gasteiger partial charge in [0.15, 0.2) is 0 Å². The number of nitrogens with one attached hydrogen (secondary N) is 1. The Labute approximate surface area is 176 Å². The largest absolute Gasteiger partial charge is 0.340 e. The van der Waals surface area contributed by atoms with Crippen LogP contribution in [0.25, 0.3) is 0 Å². The van der Waals surface area contributed by atoms with Gasteiger partial charge in [-0.1, -0.05) is 19.9 Å². The highest BCUT2D eigenvalue weighted by atomic mass is 19.1. The Bertz CT molecular complexity index is 755. The SMILES string of the molecule is CCN(CC)C(=O)N1CCN(C(=O)C(NC(=O)c2c(F)cccc2F)C(C)C)CC1. The van der Waals surface area contributed by atoms with Crippen LogP contribution in [0.4, 0.5) is 13.6 Å². The van der Waals surface area contributed by atoms with E-state index in [4.69, 9.17) is 0 Å². The molecule has 0 radical (unpaired) electrons. The van der Waals surface area contributed by atoms with Crippen LogP contribution in [0, 0.1) is 17.6 Å². The molecule has 1 saturated heterocycles.